The Balaban J connectivity index is 1.27. The van der Waals surface area contributed by atoms with Crippen molar-refractivity contribution in [3.05, 3.63) is 162 Å². The molecule has 0 bridgehead atoms. The number of aromatic nitrogens is 2. The lowest BCUT2D eigenvalue weighted by molar-refractivity contribution is 0.558. The summed E-state index contributed by atoms with van der Waals surface area (Å²) in [6.45, 7) is 2.19. The third-order valence-corrected chi connectivity index (χ3v) is 12.7. The van der Waals surface area contributed by atoms with Crippen molar-refractivity contribution in [2.24, 2.45) is 5.92 Å². The Labute approximate surface area is 273 Å². The zero-order valence-electron chi connectivity index (χ0n) is 25.0. The lowest BCUT2D eigenvalue weighted by Crippen LogP contribution is -2.35. The molecule has 4 atom stereocenters. The highest BCUT2D eigenvalue weighted by atomic mass is 127. The average molecular weight is 694 g/mol. The van der Waals surface area contributed by atoms with Crippen LogP contribution >= 0.6 is 20.7 Å². The van der Waals surface area contributed by atoms with Crippen LogP contribution in [0.15, 0.2) is 146 Å². The minimum absolute atomic E-state index is 0.280. The highest BCUT2D eigenvalue weighted by Gasteiger charge is 2.51. The second-order valence-electron chi connectivity index (χ2n) is 12.1. The fraction of sp³-hybridized carbons (Fsp3) is 0.122. The highest BCUT2D eigenvalue weighted by Crippen LogP contribution is 2.55. The van der Waals surface area contributed by atoms with Crippen molar-refractivity contribution >= 4 is 41.3 Å². The molecule has 3 nitrogen and oxygen atoms in total. The molecule has 4 unspecified atom stereocenters. The van der Waals surface area contributed by atoms with Crippen LogP contribution in [0, 0.1) is 12.8 Å². The third kappa shape index (κ3) is 4.30. The summed E-state index contributed by atoms with van der Waals surface area (Å²) in [5, 5.41) is 1.37. The molecule has 1 saturated heterocycles. The van der Waals surface area contributed by atoms with Gasteiger partial charge in [0.15, 0.2) is 0 Å². The normalized spacial score (nSPS) is 21.3. The average Bonchev–Trinajstić information content (AvgIpc) is 3.62. The van der Waals surface area contributed by atoms with Gasteiger partial charge in [-0.1, -0.05) is 136 Å². The minimum Gasteiger partial charge on any atom is -0.352 e. The van der Waals surface area contributed by atoms with Gasteiger partial charge in [-0.3, -0.25) is 0 Å². The molecular formula is C41H32IN3. The first-order valence-corrected chi connectivity index (χ1v) is 18.2. The van der Waals surface area contributed by atoms with Gasteiger partial charge in [-0.05, 0) is 46.8 Å². The number of para-hydroxylation sites is 2. The third-order valence-electron chi connectivity index (χ3n) is 9.63. The standard InChI is InChI=1S/C41H32IN3/c1-27-14-8-9-19-31(27)36-25-30(24-35(43-36)28-15-4-2-5-16-28)45-38-23-13-11-21-33(38)39-40-34(26-42-41(39)45)32-20-10-12-22-37(32)44(40)29-17-6-3-7-18-29/h2-26,33,38-39,41H,1H3. The Morgan fingerprint density at radius 3 is 2.24 bits per heavy atom. The van der Waals surface area contributed by atoms with Gasteiger partial charge in [0.25, 0.3) is 0 Å². The summed E-state index contributed by atoms with van der Waals surface area (Å²) >= 11 is -0.292. The number of hydrogen-bond acceptors (Lipinski definition) is 2. The molecule has 0 spiro atoms. The molecule has 2 aromatic heterocycles. The van der Waals surface area contributed by atoms with Crippen LogP contribution in [0.3, 0.4) is 0 Å². The summed E-state index contributed by atoms with van der Waals surface area (Å²) in [6.07, 6.45) is 9.45. The molecule has 45 heavy (non-hydrogen) atoms. The molecule has 4 heterocycles. The number of pyridine rings is 1. The van der Waals surface area contributed by atoms with Crippen molar-refractivity contribution in [1.82, 2.24) is 9.55 Å². The SMILES string of the molecule is Cc1ccccc1-c1cc(N2C3C=CC=CC3C3c4c(c5ccccc5n4-c4ccccc4)C=IC32)cc(-c2ccccc2)n1. The predicted molar refractivity (Wildman–Crippen MR) is 197 cm³/mol. The van der Waals surface area contributed by atoms with E-state index in [2.05, 4.69) is 166 Å². The molecule has 0 amide bonds. The fourth-order valence-corrected chi connectivity index (χ4v) is 11.3. The van der Waals surface area contributed by atoms with E-state index in [1.165, 1.54) is 44.7 Å². The summed E-state index contributed by atoms with van der Waals surface area (Å²) in [7, 11) is 0. The number of alkyl halides is 1. The van der Waals surface area contributed by atoms with E-state index in [0.29, 0.717) is 15.9 Å². The quantitative estimate of drug-likeness (QED) is 0.104. The molecule has 2 aliphatic heterocycles. The van der Waals surface area contributed by atoms with Crippen LogP contribution in [0.4, 0.5) is 5.69 Å². The van der Waals surface area contributed by atoms with Crippen LogP contribution in [0.25, 0.3) is 39.1 Å². The molecule has 4 aromatic carbocycles. The summed E-state index contributed by atoms with van der Waals surface area (Å²) in [4.78, 5) is 8.04. The zero-order chi connectivity index (χ0) is 29.9. The fourth-order valence-electron chi connectivity index (χ4n) is 7.64. The Morgan fingerprint density at radius 2 is 1.40 bits per heavy atom. The molecular weight excluding hydrogens is 661 g/mol. The number of hydrogen-bond donors (Lipinski definition) is 0. The second kappa shape index (κ2) is 10.8. The lowest BCUT2D eigenvalue weighted by Gasteiger charge is -2.33. The van der Waals surface area contributed by atoms with Crippen molar-refractivity contribution in [3.8, 4) is 28.2 Å². The smallest absolute Gasteiger partial charge is 0.0857 e. The highest BCUT2D eigenvalue weighted by molar-refractivity contribution is 14.2. The Kier molecular flexibility index (Phi) is 6.44. The molecule has 9 rings (SSSR count). The molecule has 1 aliphatic carbocycles. The van der Waals surface area contributed by atoms with Gasteiger partial charge in [-0.15, -0.1) is 0 Å². The largest absolute Gasteiger partial charge is 0.352 e. The number of aryl methyl sites for hydroxylation is 1. The van der Waals surface area contributed by atoms with Gasteiger partial charge in [-0.25, -0.2) is 4.98 Å². The monoisotopic (exact) mass is 693 g/mol. The second-order valence-corrected chi connectivity index (χ2v) is 14.8. The summed E-state index contributed by atoms with van der Waals surface area (Å²) < 4.78 is 5.60. The van der Waals surface area contributed by atoms with E-state index in [4.69, 9.17) is 4.98 Å². The van der Waals surface area contributed by atoms with Crippen molar-refractivity contribution in [2.75, 3.05) is 4.90 Å². The first kappa shape index (κ1) is 26.8. The van der Waals surface area contributed by atoms with E-state index in [9.17, 15) is 0 Å². The molecule has 1 fully saturated rings. The first-order chi connectivity index (χ1) is 22.3. The topological polar surface area (TPSA) is 21.1 Å². The van der Waals surface area contributed by atoms with Crippen LogP contribution in [-0.2, 0) is 0 Å². The van der Waals surface area contributed by atoms with Crippen molar-refractivity contribution in [3.63, 3.8) is 0 Å². The van der Waals surface area contributed by atoms with Gasteiger partial charge < -0.3 is 9.47 Å². The lowest BCUT2D eigenvalue weighted by atomic mass is 9.84. The van der Waals surface area contributed by atoms with E-state index in [1.807, 2.05) is 0 Å². The van der Waals surface area contributed by atoms with Gasteiger partial charge in [0, 0.05) is 51.0 Å². The van der Waals surface area contributed by atoms with Crippen LogP contribution < -0.4 is 4.90 Å². The van der Waals surface area contributed by atoms with Crippen LogP contribution in [0.1, 0.15) is 22.7 Å². The van der Waals surface area contributed by atoms with Gasteiger partial charge >= 0.3 is 0 Å². The van der Waals surface area contributed by atoms with E-state index in [0.717, 1.165) is 17.0 Å². The number of rotatable bonds is 4. The molecule has 0 N–H and O–H groups in total. The van der Waals surface area contributed by atoms with E-state index < -0.39 is 0 Å². The number of anilines is 1. The van der Waals surface area contributed by atoms with Crippen molar-refractivity contribution in [2.45, 2.75) is 22.9 Å². The number of halogens is 1. The molecule has 0 saturated carbocycles. The number of allylic oxidation sites excluding steroid dienone is 2. The number of nitrogens with zero attached hydrogens (tertiary/aromatic N) is 3. The molecule has 218 valence electrons. The van der Waals surface area contributed by atoms with Crippen molar-refractivity contribution < 1.29 is 0 Å². The molecule has 6 aromatic rings. The van der Waals surface area contributed by atoms with Gasteiger partial charge in [0.1, 0.15) is 0 Å². The van der Waals surface area contributed by atoms with E-state index in [1.54, 1.807) is 0 Å². The van der Waals surface area contributed by atoms with E-state index >= 15 is 0 Å². The van der Waals surface area contributed by atoms with Crippen LogP contribution in [0.2, 0.25) is 0 Å². The van der Waals surface area contributed by atoms with Crippen LogP contribution in [-0.4, -0.2) is 23.7 Å². The summed E-state index contributed by atoms with van der Waals surface area (Å²) in [6, 6.07) is 44.2. The maximum absolute atomic E-state index is 5.27. The zero-order valence-corrected chi connectivity index (χ0v) is 27.1. The predicted octanol–water partition coefficient (Wildman–Crippen LogP) is 9.84. The summed E-state index contributed by atoms with van der Waals surface area (Å²) in [5.41, 5.74) is 12.4. The Morgan fingerprint density at radius 1 is 0.689 bits per heavy atom. The minimum atomic E-state index is -0.292. The van der Waals surface area contributed by atoms with Gasteiger partial charge in [-0.2, -0.15) is 0 Å². The molecule has 4 heteroatoms. The maximum atomic E-state index is 5.27. The Hall–Kier alpha value is -4.55. The number of benzene rings is 4. The van der Waals surface area contributed by atoms with Gasteiger partial charge in [0.05, 0.1) is 27.0 Å². The Bertz CT molecular complexity index is 2160. The maximum Gasteiger partial charge on any atom is 0.0857 e. The first-order valence-electron chi connectivity index (χ1n) is 15.7. The van der Waals surface area contributed by atoms with Crippen molar-refractivity contribution in [1.29, 1.82) is 0 Å². The van der Waals surface area contributed by atoms with Crippen LogP contribution in [0.5, 0.6) is 0 Å². The molecule has 0 radical (unpaired) electrons. The van der Waals surface area contributed by atoms with Gasteiger partial charge in [0.2, 0.25) is 0 Å². The number of fused-ring (bicyclic) bond motifs is 7. The van der Waals surface area contributed by atoms with E-state index in [-0.39, 0.29) is 26.8 Å². The summed E-state index contributed by atoms with van der Waals surface area (Å²) in [5.74, 6) is 0.765. The molecule has 3 aliphatic rings.